The Morgan fingerprint density at radius 1 is 1.00 bits per heavy atom. The van der Waals surface area contributed by atoms with Crippen LogP contribution in [0.15, 0.2) is 36.4 Å². The first kappa shape index (κ1) is 20.7. The van der Waals surface area contributed by atoms with Crippen molar-refractivity contribution in [2.75, 3.05) is 34.9 Å². The van der Waals surface area contributed by atoms with Gasteiger partial charge in [0.2, 0.25) is 5.91 Å². The fraction of sp³-hybridized carbons (Fsp3) is 0.391. The van der Waals surface area contributed by atoms with E-state index in [0.29, 0.717) is 37.2 Å². The number of ether oxygens (including phenoxy) is 2. The van der Waals surface area contributed by atoms with Crippen molar-refractivity contribution in [1.82, 2.24) is 9.80 Å². The molecule has 3 rings (SSSR count). The van der Waals surface area contributed by atoms with E-state index in [0.717, 1.165) is 23.3 Å². The molecule has 0 radical (unpaired) electrons. The second-order valence-electron chi connectivity index (χ2n) is 7.44. The number of hydrogen-bond acceptors (Lipinski definition) is 4. The van der Waals surface area contributed by atoms with Crippen molar-refractivity contribution < 1.29 is 19.1 Å². The van der Waals surface area contributed by atoms with Gasteiger partial charge in [0.25, 0.3) is 5.91 Å². The van der Waals surface area contributed by atoms with Crippen molar-refractivity contribution >= 4 is 11.8 Å². The summed E-state index contributed by atoms with van der Waals surface area (Å²) in [5.41, 5.74) is 4.02. The summed E-state index contributed by atoms with van der Waals surface area (Å²) in [7, 11) is 6.72. The lowest BCUT2D eigenvalue weighted by molar-refractivity contribution is -0.132. The molecule has 0 fully saturated rings. The molecule has 0 saturated carbocycles. The zero-order chi connectivity index (χ0) is 21.0. The normalized spacial score (nSPS) is 12.9. The topological polar surface area (TPSA) is 59.1 Å². The van der Waals surface area contributed by atoms with Gasteiger partial charge in [0.1, 0.15) is 0 Å². The van der Waals surface area contributed by atoms with Gasteiger partial charge in [0, 0.05) is 39.2 Å². The summed E-state index contributed by atoms with van der Waals surface area (Å²) in [6, 6.07) is 11.5. The Labute approximate surface area is 172 Å². The number of hydrogen-bond donors (Lipinski definition) is 0. The molecule has 1 heterocycles. The van der Waals surface area contributed by atoms with Crippen LogP contribution in [0.2, 0.25) is 0 Å². The average molecular weight is 396 g/mol. The van der Waals surface area contributed by atoms with Crippen LogP contribution in [0.4, 0.5) is 0 Å². The maximum Gasteiger partial charge on any atom is 0.253 e. The van der Waals surface area contributed by atoms with Crippen molar-refractivity contribution in [1.29, 1.82) is 0 Å². The minimum absolute atomic E-state index is 0.0216. The van der Waals surface area contributed by atoms with Gasteiger partial charge in [-0.1, -0.05) is 12.1 Å². The van der Waals surface area contributed by atoms with Gasteiger partial charge in [0.15, 0.2) is 11.5 Å². The van der Waals surface area contributed by atoms with Gasteiger partial charge in [-0.15, -0.1) is 0 Å². The molecule has 154 valence electrons. The highest BCUT2D eigenvalue weighted by Gasteiger charge is 2.22. The first-order valence-corrected chi connectivity index (χ1v) is 9.75. The van der Waals surface area contributed by atoms with E-state index in [2.05, 4.69) is 0 Å². The Balaban J connectivity index is 1.60. The molecule has 0 aromatic heterocycles. The SMILES string of the molecule is COc1cc2c(cc1OC)CN(C(=O)CCc1ccc(C(=O)N(C)C)cc1)CC2. The number of carbonyl (C=O) groups is 2. The monoisotopic (exact) mass is 396 g/mol. The van der Waals surface area contributed by atoms with Crippen molar-refractivity contribution in [2.45, 2.75) is 25.8 Å². The molecule has 0 atom stereocenters. The molecular formula is C23H28N2O4. The predicted octanol–water partition coefficient (Wildman–Crippen LogP) is 2.92. The number of aryl methyl sites for hydroxylation is 1. The summed E-state index contributed by atoms with van der Waals surface area (Å²) in [5, 5.41) is 0. The van der Waals surface area contributed by atoms with E-state index >= 15 is 0 Å². The summed E-state index contributed by atoms with van der Waals surface area (Å²) in [6.07, 6.45) is 1.91. The first-order chi connectivity index (χ1) is 13.9. The molecule has 2 aromatic rings. The minimum atomic E-state index is -0.0216. The lowest BCUT2D eigenvalue weighted by atomic mass is 9.98. The van der Waals surface area contributed by atoms with Crippen LogP contribution in [-0.2, 0) is 24.2 Å². The molecule has 0 bridgehead atoms. The molecule has 2 aromatic carbocycles. The van der Waals surface area contributed by atoms with Crippen molar-refractivity contribution in [3.05, 3.63) is 58.7 Å². The number of fused-ring (bicyclic) bond motifs is 1. The van der Waals surface area contributed by atoms with E-state index in [4.69, 9.17) is 9.47 Å². The largest absolute Gasteiger partial charge is 0.493 e. The summed E-state index contributed by atoms with van der Waals surface area (Å²) in [5.74, 6) is 1.53. The minimum Gasteiger partial charge on any atom is -0.493 e. The smallest absolute Gasteiger partial charge is 0.253 e. The maximum atomic E-state index is 12.7. The molecule has 1 aliphatic rings. The fourth-order valence-electron chi connectivity index (χ4n) is 3.58. The third kappa shape index (κ3) is 4.70. The van der Waals surface area contributed by atoms with E-state index in [-0.39, 0.29) is 11.8 Å². The molecular weight excluding hydrogens is 368 g/mol. The molecule has 0 N–H and O–H groups in total. The Hall–Kier alpha value is -3.02. The van der Waals surface area contributed by atoms with Gasteiger partial charge in [-0.05, 0) is 53.8 Å². The summed E-state index contributed by atoms with van der Waals surface area (Å²) < 4.78 is 10.8. The number of nitrogens with zero attached hydrogens (tertiary/aromatic N) is 2. The number of carbonyl (C=O) groups excluding carboxylic acids is 2. The van der Waals surface area contributed by atoms with Gasteiger partial charge >= 0.3 is 0 Å². The van der Waals surface area contributed by atoms with Crippen LogP contribution in [0.3, 0.4) is 0 Å². The summed E-state index contributed by atoms with van der Waals surface area (Å²) >= 11 is 0. The number of methoxy groups -OCH3 is 2. The third-order valence-corrected chi connectivity index (χ3v) is 5.31. The Bertz CT molecular complexity index is 890. The van der Waals surface area contributed by atoms with Crippen LogP contribution in [0.5, 0.6) is 11.5 Å². The van der Waals surface area contributed by atoms with Crippen LogP contribution in [-0.4, -0.2) is 56.5 Å². The van der Waals surface area contributed by atoms with E-state index in [1.165, 1.54) is 5.56 Å². The number of benzene rings is 2. The average Bonchev–Trinajstić information content (AvgIpc) is 2.75. The highest BCUT2D eigenvalue weighted by atomic mass is 16.5. The van der Waals surface area contributed by atoms with Crippen LogP contribution >= 0.6 is 0 Å². The molecule has 29 heavy (non-hydrogen) atoms. The zero-order valence-electron chi connectivity index (χ0n) is 17.5. The predicted molar refractivity (Wildman–Crippen MR) is 111 cm³/mol. The van der Waals surface area contributed by atoms with Gasteiger partial charge in [-0.25, -0.2) is 0 Å². The molecule has 1 aliphatic heterocycles. The first-order valence-electron chi connectivity index (χ1n) is 9.75. The maximum absolute atomic E-state index is 12.7. The van der Waals surface area contributed by atoms with Gasteiger partial charge < -0.3 is 19.3 Å². The standard InChI is InChI=1S/C23H28N2O4/c1-24(2)23(27)17-8-5-16(6-9-17)7-10-22(26)25-12-11-18-13-20(28-3)21(29-4)14-19(18)15-25/h5-6,8-9,13-14H,7,10-12,15H2,1-4H3. The van der Waals surface area contributed by atoms with Crippen molar-refractivity contribution in [3.63, 3.8) is 0 Å². The molecule has 6 heteroatoms. The lowest BCUT2D eigenvalue weighted by Gasteiger charge is -2.29. The molecule has 0 saturated heterocycles. The highest BCUT2D eigenvalue weighted by molar-refractivity contribution is 5.93. The Kier molecular flexibility index (Phi) is 6.42. The lowest BCUT2D eigenvalue weighted by Crippen LogP contribution is -2.36. The Morgan fingerprint density at radius 3 is 2.21 bits per heavy atom. The van der Waals surface area contributed by atoms with Crippen molar-refractivity contribution in [2.24, 2.45) is 0 Å². The quantitative estimate of drug-likeness (QED) is 0.753. The van der Waals surface area contributed by atoms with Gasteiger partial charge in [0.05, 0.1) is 14.2 Å². The van der Waals surface area contributed by atoms with Crippen LogP contribution < -0.4 is 9.47 Å². The summed E-state index contributed by atoms with van der Waals surface area (Å²) in [6.45, 7) is 1.29. The molecule has 0 unspecified atom stereocenters. The zero-order valence-corrected chi connectivity index (χ0v) is 17.5. The second-order valence-corrected chi connectivity index (χ2v) is 7.44. The van der Waals surface area contributed by atoms with Gasteiger partial charge in [-0.2, -0.15) is 0 Å². The fourth-order valence-corrected chi connectivity index (χ4v) is 3.58. The number of amides is 2. The molecule has 6 nitrogen and oxygen atoms in total. The Morgan fingerprint density at radius 2 is 1.62 bits per heavy atom. The molecule has 0 spiro atoms. The van der Waals surface area contributed by atoms with Crippen LogP contribution in [0, 0.1) is 0 Å². The highest BCUT2D eigenvalue weighted by Crippen LogP contribution is 2.33. The van der Waals surface area contributed by atoms with E-state index in [1.807, 2.05) is 41.3 Å². The third-order valence-electron chi connectivity index (χ3n) is 5.31. The van der Waals surface area contributed by atoms with E-state index in [1.54, 1.807) is 33.2 Å². The van der Waals surface area contributed by atoms with E-state index in [9.17, 15) is 9.59 Å². The van der Waals surface area contributed by atoms with Crippen LogP contribution in [0.1, 0.15) is 33.5 Å². The molecule has 0 aliphatic carbocycles. The van der Waals surface area contributed by atoms with Crippen molar-refractivity contribution in [3.8, 4) is 11.5 Å². The van der Waals surface area contributed by atoms with Crippen LogP contribution in [0.25, 0.3) is 0 Å². The van der Waals surface area contributed by atoms with E-state index < -0.39 is 0 Å². The molecule has 2 amide bonds. The second kappa shape index (κ2) is 8.99. The number of rotatable bonds is 6. The summed E-state index contributed by atoms with van der Waals surface area (Å²) in [4.78, 5) is 28.1. The van der Waals surface area contributed by atoms with Gasteiger partial charge in [-0.3, -0.25) is 9.59 Å².